The first-order chi connectivity index (χ1) is 7.13. The minimum absolute atomic E-state index is 0.798. The van der Waals surface area contributed by atoms with Gasteiger partial charge >= 0.3 is 0 Å². The van der Waals surface area contributed by atoms with Gasteiger partial charge in [0.2, 0.25) is 0 Å². The lowest BCUT2D eigenvalue weighted by molar-refractivity contribution is 0.532. The second-order valence-electron chi connectivity index (χ2n) is 4.30. The highest BCUT2D eigenvalue weighted by molar-refractivity contribution is 5.56. The van der Waals surface area contributed by atoms with Crippen molar-refractivity contribution in [1.29, 1.82) is 0 Å². The summed E-state index contributed by atoms with van der Waals surface area (Å²) >= 11 is 0. The summed E-state index contributed by atoms with van der Waals surface area (Å²) in [7, 11) is 0. The Morgan fingerprint density at radius 3 is 2.73 bits per heavy atom. The van der Waals surface area contributed by atoms with E-state index in [9.17, 15) is 0 Å². The maximum absolute atomic E-state index is 5.76. The Labute approximate surface area is 92.9 Å². The topological polar surface area (TPSA) is 38.0 Å². The van der Waals surface area contributed by atoms with Crippen LogP contribution < -0.4 is 11.1 Å². The van der Waals surface area contributed by atoms with Gasteiger partial charge in [0.05, 0.1) is 0 Å². The fourth-order valence-electron chi connectivity index (χ4n) is 1.45. The third-order valence-electron chi connectivity index (χ3n) is 2.93. The molecule has 0 spiro atoms. The second-order valence-corrected chi connectivity index (χ2v) is 4.30. The molecule has 0 aromatic heterocycles. The predicted molar refractivity (Wildman–Crippen MR) is 68.2 cm³/mol. The number of aryl methyl sites for hydroxylation is 1. The molecule has 0 amide bonds. The van der Waals surface area contributed by atoms with Crippen molar-refractivity contribution >= 4 is 11.4 Å². The zero-order chi connectivity index (χ0) is 11.3. The van der Waals surface area contributed by atoms with Crippen LogP contribution in [0.1, 0.15) is 32.3 Å². The van der Waals surface area contributed by atoms with Crippen molar-refractivity contribution in [3.05, 3.63) is 23.8 Å². The summed E-state index contributed by atoms with van der Waals surface area (Å²) in [6.07, 6.45) is 2.47. The van der Waals surface area contributed by atoms with E-state index in [2.05, 4.69) is 25.2 Å². The Morgan fingerprint density at radius 1 is 1.40 bits per heavy atom. The number of hydrogen-bond donors (Lipinski definition) is 2. The molecule has 1 atom stereocenters. The minimum Gasteiger partial charge on any atom is -0.399 e. The summed E-state index contributed by atoms with van der Waals surface area (Å²) in [5.74, 6) is 0.798. The molecule has 0 aliphatic heterocycles. The average molecular weight is 206 g/mol. The summed E-state index contributed by atoms with van der Waals surface area (Å²) in [6.45, 7) is 7.60. The molecule has 0 aliphatic carbocycles. The van der Waals surface area contributed by atoms with Crippen molar-refractivity contribution < 1.29 is 0 Å². The maximum atomic E-state index is 5.76. The lowest BCUT2D eigenvalue weighted by atomic mass is 10.1. The van der Waals surface area contributed by atoms with Gasteiger partial charge in [0.1, 0.15) is 0 Å². The molecule has 0 heterocycles. The summed E-state index contributed by atoms with van der Waals surface area (Å²) in [5.41, 5.74) is 8.94. The summed E-state index contributed by atoms with van der Waals surface area (Å²) in [5, 5.41) is 3.42. The first-order valence-electron chi connectivity index (χ1n) is 5.73. The quantitative estimate of drug-likeness (QED) is 0.724. The van der Waals surface area contributed by atoms with E-state index >= 15 is 0 Å². The number of rotatable bonds is 5. The van der Waals surface area contributed by atoms with Crippen LogP contribution in [0.4, 0.5) is 11.4 Å². The second kappa shape index (κ2) is 5.64. The van der Waals surface area contributed by atoms with Gasteiger partial charge in [0.15, 0.2) is 0 Å². The van der Waals surface area contributed by atoms with Crippen LogP contribution in [-0.4, -0.2) is 6.54 Å². The highest BCUT2D eigenvalue weighted by Gasteiger charge is 1.99. The zero-order valence-corrected chi connectivity index (χ0v) is 10.0. The molecular weight excluding hydrogens is 184 g/mol. The van der Waals surface area contributed by atoms with E-state index in [0.717, 1.165) is 23.7 Å². The highest BCUT2D eigenvalue weighted by Crippen LogP contribution is 2.17. The Hall–Kier alpha value is -1.18. The molecule has 1 rings (SSSR count). The van der Waals surface area contributed by atoms with Crippen molar-refractivity contribution in [2.45, 2.75) is 33.6 Å². The van der Waals surface area contributed by atoms with Gasteiger partial charge < -0.3 is 11.1 Å². The van der Waals surface area contributed by atoms with Gasteiger partial charge in [-0.15, -0.1) is 0 Å². The standard InChI is InChI=1S/C13H22N2/c1-4-10(2)7-8-15-12-5-6-13(14)11(3)9-12/h5-6,9-10,15H,4,7-8,14H2,1-3H3. The van der Waals surface area contributed by atoms with Gasteiger partial charge in [-0.2, -0.15) is 0 Å². The maximum Gasteiger partial charge on any atom is 0.0345 e. The summed E-state index contributed by atoms with van der Waals surface area (Å²) in [4.78, 5) is 0. The Balaban J connectivity index is 2.41. The molecule has 1 aromatic rings. The van der Waals surface area contributed by atoms with Crippen molar-refractivity contribution in [3.8, 4) is 0 Å². The van der Waals surface area contributed by atoms with Crippen LogP contribution in [0, 0.1) is 12.8 Å². The summed E-state index contributed by atoms with van der Waals surface area (Å²) < 4.78 is 0. The molecule has 2 nitrogen and oxygen atoms in total. The van der Waals surface area contributed by atoms with Crippen LogP contribution in [0.2, 0.25) is 0 Å². The van der Waals surface area contributed by atoms with Crippen LogP contribution in [0.15, 0.2) is 18.2 Å². The highest BCUT2D eigenvalue weighted by atomic mass is 14.9. The van der Waals surface area contributed by atoms with Gasteiger partial charge in [0, 0.05) is 17.9 Å². The van der Waals surface area contributed by atoms with E-state index < -0.39 is 0 Å². The van der Waals surface area contributed by atoms with Crippen LogP contribution in [0.5, 0.6) is 0 Å². The molecule has 1 unspecified atom stereocenters. The van der Waals surface area contributed by atoms with E-state index in [-0.39, 0.29) is 0 Å². The third-order valence-corrected chi connectivity index (χ3v) is 2.93. The first-order valence-corrected chi connectivity index (χ1v) is 5.73. The van der Waals surface area contributed by atoms with Gasteiger partial charge in [-0.05, 0) is 43.0 Å². The minimum atomic E-state index is 0.798. The predicted octanol–water partition coefficient (Wildman–Crippen LogP) is 3.43. The van der Waals surface area contributed by atoms with E-state index in [1.54, 1.807) is 0 Å². The lowest BCUT2D eigenvalue weighted by Gasteiger charge is -2.11. The van der Waals surface area contributed by atoms with Crippen LogP contribution >= 0.6 is 0 Å². The zero-order valence-electron chi connectivity index (χ0n) is 10.0. The van der Waals surface area contributed by atoms with Gasteiger partial charge in [0.25, 0.3) is 0 Å². The molecule has 0 radical (unpaired) electrons. The van der Waals surface area contributed by atoms with Crippen LogP contribution in [0.3, 0.4) is 0 Å². The lowest BCUT2D eigenvalue weighted by Crippen LogP contribution is -2.06. The van der Waals surface area contributed by atoms with Crippen molar-refractivity contribution in [2.75, 3.05) is 17.6 Å². The van der Waals surface area contributed by atoms with Crippen molar-refractivity contribution in [2.24, 2.45) is 5.92 Å². The number of nitrogens with two attached hydrogens (primary N) is 1. The molecule has 0 bridgehead atoms. The molecule has 15 heavy (non-hydrogen) atoms. The van der Waals surface area contributed by atoms with Gasteiger partial charge in [-0.25, -0.2) is 0 Å². The van der Waals surface area contributed by atoms with E-state index in [1.807, 2.05) is 19.1 Å². The molecule has 2 heteroatoms. The van der Waals surface area contributed by atoms with Gasteiger partial charge in [-0.3, -0.25) is 0 Å². The monoisotopic (exact) mass is 206 g/mol. The Morgan fingerprint density at radius 2 is 2.13 bits per heavy atom. The van der Waals surface area contributed by atoms with Crippen molar-refractivity contribution in [3.63, 3.8) is 0 Å². The Bertz CT molecular complexity index is 307. The number of nitrogen functional groups attached to an aromatic ring is 1. The largest absolute Gasteiger partial charge is 0.399 e. The molecule has 0 saturated carbocycles. The SMILES string of the molecule is CCC(C)CCNc1ccc(N)c(C)c1. The fourth-order valence-corrected chi connectivity index (χ4v) is 1.45. The molecular formula is C13H22N2. The first kappa shape index (κ1) is 11.9. The van der Waals surface area contributed by atoms with E-state index in [4.69, 9.17) is 5.73 Å². The number of benzene rings is 1. The number of anilines is 2. The van der Waals surface area contributed by atoms with E-state index in [1.165, 1.54) is 18.5 Å². The molecule has 84 valence electrons. The van der Waals surface area contributed by atoms with Crippen molar-refractivity contribution in [1.82, 2.24) is 0 Å². The number of nitrogens with one attached hydrogen (secondary N) is 1. The molecule has 1 aromatic carbocycles. The van der Waals surface area contributed by atoms with Crippen LogP contribution in [0.25, 0.3) is 0 Å². The molecule has 0 saturated heterocycles. The molecule has 0 aliphatic rings. The summed E-state index contributed by atoms with van der Waals surface area (Å²) in [6, 6.07) is 6.10. The van der Waals surface area contributed by atoms with Crippen LogP contribution in [-0.2, 0) is 0 Å². The van der Waals surface area contributed by atoms with E-state index in [0.29, 0.717) is 0 Å². The third kappa shape index (κ3) is 3.82. The smallest absolute Gasteiger partial charge is 0.0345 e. The number of hydrogen-bond acceptors (Lipinski definition) is 2. The normalized spacial score (nSPS) is 12.5. The molecule has 0 fully saturated rings. The van der Waals surface area contributed by atoms with Gasteiger partial charge in [-0.1, -0.05) is 20.3 Å². The Kier molecular flexibility index (Phi) is 4.47. The fraction of sp³-hybridized carbons (Fsp3) is 0.538. The average Bonchev–Trinajstić information content (AvgIpc) is 2.23. The molecule has 3 N–H and O–H groups in total.